The minimum atomic E-state index is -0.173. The van der Waals surface area contributed by atoms with Crippen molar-refractivity contribution in [3.05, 3.63) is 76.4 Å². The smallest absolute Gasteiger partial charge is 0.229 e. The summed E-state index contributed by atoms with van der Waals surface area (Å²) in [6.45, 7) is 3.94. The van der Waals surface area contributed by atoms with Crippen LogP contribution in [0.2, 0.25) is 0 Å². The first kappa shape index (κ1) is 20.6. The van der Waals surface area contributed by atoms with Crippen molar-refractivity contribution in [2.45, 2.75) is 39.5 Å². The predicted octanol–water partition coefficient (Wildman–Crippen LogP) is 5.03. The first-order valence-electron chi connectivity index (χ1n) is 10.3. The molecule has 2 aromatic rings. The van der Waals surface area contributed by atoms with Crippen molar-refractivity contribution in [3.8, 4) is 17.0 Å². The number of carbonyl (C=O) groups excluding carboxylic acids is 1. The van der Waals surface area contributed by atoms with Crippen LogP contribution in [-0.2, 0) is 17.6 Å². The third-order valence-electron chi connectivity index (χ3n) is 5.20. The fraction of sp³-hybridized carbons (Fsp3) is 0.240. The van der Waals surface area contributed by atoms with Crippen molar-refractivity contribution in [2.75, 3.05) is 5.32 Å². The molecular weight excluding hydrogens is 390 g/mol. The molecule has 0 radical (unpaired) electrons. The van der Waals surface area contributed by atoms with E-state index < -0.39 is 0 Å². The molecule has 0 spiro atoms. The Bertz CT molecular complexity index is 1170. The minimum absolute atomic E-state index is 0.173. The Hall–Kier alpha value is -3.67. The number of allylic oxidation sites excluding steroid dienone is 5. The van der Waals surface area contributed by atoms with Crippen molar-refractivity contribution in [1.29, 1.82) is 0 Å². The molecule has 158 valence electrons. The lowest BCUT2D eigenvalue weighted by atomic mass is 9.91. The number of hydrogen-bond acceptors (Lipinski definition) is 5. The van der Waals surface area contributed by atoms with Crippen molar-refractivity contribution < 1.29 is 15.0 Å². The Morgan fingerprint density at radius 1 is 1.16 bits per heavy atom. The van der Waals surface area contributed by atoms with Gasteiger partial charge in [-0.2, -0.15) is 0 Å². The maximum Gasteiger partial charge on any atom is 0.229 e. The average Bonchev–Trinajstić information content (AvgIpc) is 2.91. The molecule has 2 aliphatic carbocycles. The van der Waals surface area contributed by atoms with Gasteiger partial charge in [-0.3, -0.25) is 4.79 Å². The topological polar surface area (TPSA) is 95.3 Å². The standard InChI is InChI=1S/C25H25N3O3/c1-15(2)12-22-25(28-23(31)13-16-4-3-5-18(29)8-6-16)27-21-11-7-17-14-19(30)9-10-20(17)24(21)26-22/h3,5-6,8-10,12,14,29-30H,4,7,11,13H2,1-2H3,(H,27,28,31). The third kappa shape index (κ3) is 4.74. The molecule has 2 aliphatic rings. The molecule has 4 rings (SSSR count). The van der Waals surface area contributed by atoms with E-state index in [-0.39, 0.29) is 23.8 Å². The fourth-order valence-corrected chi connectivity index (χ4v) is 3.78. The van der Waals surface area contributed by atoms with Gasteiger partial charge < -0.3 is 15.5 Å². The van der Waals surface area contributed by atoms with Gasteiger partial charge in [0.2, 0.25) is 5.91 Å². The number of fused-ring (bicyclic) bond motifs is 3. The summed E-state index contributed by atoms with van der Waals surface area (Å²) in [6.07, 6.45) is 11.0. The Balaban J connectivity index is 1.65. The van der Waals surface area contributed by atoms with Crippen LogP contribution < -0.4 is 5.32 Å². The molecule has 0 atom stereocenters. The van der Waals surface area contributed by atoms with Crippen molar-refractivity contribution >= 4 is 17.8 Å². The normalized spacial score (nSPS) is 14.5. The lowest BCUT2D eigenvalue weighted by molar-refractivity contribution is -0.115. The van der Waals surface area contributed by atoms with Crippen LogP contribution in [0.15, 0.2) is 59.4 Å². The van der Waals surface area contributed by atoms with Crippen LogP contribution in [0.3, 0.4) is 0 Å². The number of nitrogens with zero attached hydrogens (tertiary/aromatic N) is 2. The van der Waals surface area contributed by atoms with E-state index >= 15 is 0 Å². The summed E-state index contributed by atoms with van der Waals surface area (Å²) >= 11 is 0. The highest BCUT2D eigenvalue weighted by molar-refractivity contribution is 5.93. The molecule has 0 saturated heterocycles. The largest absolute Gasteiger partial charge is 0.508 e. The van der Waals surface area contributed by atoms with Gasteiger partial charge in [-0.1, -0.05) is 23.3 Å². The first-order valence-corrected chi connectivity index (χ1v) is 10.3. The van der Waals surface area contributed by atoms with E-state index in [2.05, 4.69) is 5.32 Å². The van der Waals surface area contributed by atoms with E-state index in [0.29, 0.717) is 24.4 Å². The molecule has 0 saturated carbocycles. The van der Waals surface area contributed by atoms with Gasteiger partial charge in [0.1, 0.15) is 17.2 Å². The summed E-state index contributed by atoms with van der Waals surface area (Å²) < 4.78 is 0. The summed E-state index contributed by atoms with van der Waals surface area (Å²) in [6, 6.07) is 5.31. The molecule has 31 heavy (non-hydrogen) atoms. The number of hydrogen-bond donors (Lipinski definition) is 3. The number of phenols is 1. The molecule has 1 aromatic heterocycles. The zero-order valence-corrected chi connectivity index (χ0v) is 17.6. The molecule has 1 heterocycles. The second-order valence-corrected chi connectivity index (χ2v) is 8.06. The first-order chi connectivity index (χ1) is 14.9. The molecule has 1 amide bonds. The molecule has 0 bridgehead atoms. The molecular formula is C25H25N3O3. The van der Waals surface area contributed by atoms with Gasteiger partial charge in [0, 0.05) is 12.0 Å². The number of aromatic nitrogens is 2. The number of carbonyl (C=O) groups is 1. The number of anilines is 1. The Labute approximate surface area is 181 Å². The molecule has 0 unspecified atom stereocenters. The second-order valence-electron chi connectivity index (χ2n) is 8.06. The van der Waals surface area contributed by atoms with Crippen LogP contribution in [0.1, 0.15) is 43.6 Å². The highest BCUT2D eigenvalue weighted by Crippen LogP contribution is 2.35. The van der Waals surface area contributed by atoms with E-state index in [0.717, 1.165) is 40.1 Å². The number of nitrogens with one attached hydrogen (secondary N) is 1. The van der Waals surface area contributed by atoms with Crippen LogP contribution in [-0.4, -0.2) is 26.1 Å². The average molecular weight is 415 g/mol. The van der Waals surface area contributed by atoms with E-state index in [9.17, 15) is 15.0 Å². The molecule has 6 nitrogen and oxygen atoms in total. The lowest BCUT2D eigenvalue weighted by Gasteiger charge is -2.20. The third-order valence-corrected chi connectivity index (χ3v) is 5.20. The highest BCUT2D eigenvalue weighted by atomic mass is 16.3. The fourth-order valence-electron chi connectivity index (χ4n) is 3.78. The van der Waals surface area contributed by atoms with Crippen LogP contribution in [0, 0.1) is 0 Å². The van der Waals surface area contributed by atoms with Gasteiger partial charge >= 0.3 is 0 Å². The maximum absolute atomic E-state index is 12.7. The van der Waals surface area contributed by atoms with Gasteiger partial charge in [-0.25, -0.2) is 9.97 Å². The summed E-state index contributed by atoms with van der Waals surface area (Å²) in [5, 5.41) is 22.3. The monoisotopic (exact) mass is 415 g/mol. The predicted molar refractivity (Wildman–Crippen MR) is 122 cm³/mol. The number of benzene rings is 1. The maximum atomic E-state index is 12.7. The molecule has 6 heteroatoms. The van der Waals surface area contributed by atoms with Crippen molar-refractivity contribution in [1.82, 2.24) is 9.97 Å². The number of aromatic hydroxyl groups is 1. The Morgan fingerprint density at radius 2 is 2.00 bits per heavy atom. The quantitative estimate of drug-likeness (QED) is 0.651. The summed E-state index contributed by atoms with van der Waals surface area (Å²) in [5.41, 5.74) is 6.21. The molecule has 1 aromatic carbocycles. The second kappa shape index (κ2) is 8.60. The van der Waals surface area contributed by atoms with Gasteiger partial charge in [0.25, 0.3) is 0 Å². The number of phenolic OH excluding ortho intramolecular Hbond substituents is 1. The number of amides is 1. The van der Waals surface area contributed by atoms with E-state index in [1.54, 1.807) is 30.4 Å². The van der Waals surface area contributed by atoms with Gasteiger partial charge in [-0.15, -0.1) is 0 Å². The summed E-state index contributed by atoms with van der Waals surface area (Å²) in [4.78, 5) is 22.4. The number of rotatable bonds is 4. The molecule has 0 fully saturated rings. The summed E-state index contributed by atoms with van der Waals surface area (Å²) in [5.74, 6) is 0.702. The van der Waals surface area contributed by atoms with Gasteiger partial charge in [0.05, 0.1) is 11.4 Å². The van der Waals surface area contributed by atoms with Crippen molar-refractivity contribution in [2.24, 2.45) is 0 Å². The SMILES string of the molecule is CC(C)=Cc1nc2c(nc1NC(=O)CC1=CC=C(O)C=CC1)CCc1cc(O)ccc1-2. The Morgan fingerprint density at radius 3 is 2.81 bits per heavy atom. The minimum Gasteiger partial charge on any atom is -0.508 e. The zero-order chi connectivity index (χ0) is 22.0. The Kier molecular flexibility index (Phi) is 5.71. The van der Waals surface area contributed by atoms with Crippen LogP contribution in [0.5, 0.6) is 5.75 Å². The molecule has 0 aliphatic heterocycles. The van der Waals surface area contributed by atoms with Crippen molar-refractivity contribution in [3.63, 3.8) is 0 Å². The lowest BCUT2D eigenvalue weighted by Crippen LogP contribution is -2.17. The number of aryl methyl sites for hydroxylation is 2. The number of aliphatic hydroxyl groups is 1. The van der Waals surface area contributed by atoms with E-state index in [1.807, 2.05) is 32.1 Å². The highest BCUT2D eigenvalue weighted by Gasteiger charge is 2.22. The van der Waals surface area contributed by atoms with E-state index in [4.69, 9.17) is 9.97 Å². The van der Waals surface area contributed by atoms with Gasteiger partial charge in [-0.05, 0) is 75.1 Å². The zero-order valence-electron chi connectivity index (χ0n) is 17.6. The molecule has 3 N–H and O–H groups in total. The summed E-state index contributed by atoms with van der Waals surface area (Å²) in [7, 11) is 0. The van der Waals surface area contributed by atoms with Crippen LogP contribution in [0.4, 0.5) is 5.82 Å². The number of aliphatic hydroxyl groups excluding tert-OH is 1. The van der Waals surface area contributed by atoms with E-state index in [1.165, 1.54) is 0 Å². The van der Waals surface area contributed by atoms with Gasteiger partial charge in [0.15, 0.2) is 5.82 Å². The van der Waals surface area contributed by atoms with Crippen LogP contribution >= 0.6 is 0 Å². The van der Waals surface area contributed by atoms with Crippen LogP contribution in [0.25, 0.3) is 17.3 Å².